The predicted octanol–water partition coefficient (Wildman–Crippen LogP) is 4.66. The summed E-state index contributed by atoms with van der Waals surface area (Å²) >= 11 is 0. The fourth-order valence-corrected chi connectivity index (χ4v) is 4.32. The summed E-state index contributed by atoms with van der Waals surface area (Å²) in [7, 11) is 0. The van der Waals surface area contributed by atoms with Gasteiger partial charge in [-0.3, -0.25) is 19.6 Å². The number of hydrazone groups is 1. The highest BCUT2D eigenvalue weighted by Gasteiger charge is 2.39. The van der Waals surface area contributed by atoms with Gasteiger partial charge in [0, 0.05) is 24.1 Å². The van der Waals surface area contributed by atoms with Gasteiger partial charge in [-0.25, -0.2) is 5.01 Å². The number of hydrogen-bond donors (Lipinski definition) is 1. The molecule has 9 heteroatoms. The number of aromatic nitrogens is 2. The average molecular weight is 455 g/mol. The van der Waals surface area contributed by atoms with Crippen LogP contribution in [0.4, 0.5) is 5.69 Å². The first-order valence-corrected chi connectivity index (χ1v) is 10.9. The second-order valence-electron chi connectivity index (χ2n) is 7.98. The zero-order valence-corrected chi connectivity index (χ0v) is 18.3. The van der Waals surface area contributed by atoms with Crippen LogP contribution in [0.1, 0.15) is 41.0 Å². The standard InChI is InChI=1S/C25H21N5O4/c1-2-28-15-22(30(33)34)24(27-28)25(32)29-21(19-11-5-6-13-23(19)31)14-20(26-29)18-12-7-9-16-8-3-4-10-17(16)18/h3-13,15,21,31H,2,14H2,1H3/t21-/m1/s1. The number of nitro groups is 1. The largest absolute Gasteiger partial charge is 0.508 e. The van der Waals surface area contributed by atoms with Crippen molar-refractivity contribution in [3.8, 4) is 5.75 Å². The highest BCUT2D eigenvalue weighted by molar-refractivity contribution is 6.13. The molecule has 0 unspecified atom stereocenters. The summed E-state index contributed by atoms with van der Waals surface area (Å²) < 4.78 is 1.35. The average Bonchev–Trinajstić information content (AvgIpc) is 3.49. The quantitative estimate of drug-likeness (QED) is 0.347. The molecule has 1 aliphatic rings. The zero-order valence-electron chi connectivity index (χ0n) is 18.3. The molecule has 5 rings (SSSR count). The summed E-state index contributed by atoms with van der Waals surface area (Å²) in [6.45, 7) is 2.16. The number of aryl methyl sites for hydroxylation is 1. The number of phenolic OH excluding ortho intramolecular Hbond substituents is 1. The van der Waals surface area contributed by atoms with Crippen LogP contribution in [-0.2, 0) is 6.54 Å². The van der Waals surface area contributed by atoms with Crippen molar-refractivity contribution in [1.82, 2.24) is 14.8 Å². The third-order valence-corrected chi connectivity index (χ3v) is 5.98. The summed E-state index contributed by atoms with van der Waals surface area (Å²) in [5.74, 6) is -0.671. The predicted molar refractivity (Wildman–Crippen MR) is 127 cm³/mol. The molecule has 1 amide bonds. The lowest BCUT2D eigenvalue weighted by Crippen LogP contribution is -2.28. The maximum atomic E-state index is 13.6. The first kappa shape index (κ1) is 21.3. The van der Waals surface area contributed by atoms with E-state index < -0.39 is 16.9 Å². The number of carbonyl (C=O) groups is 1. The van der Waals surface area contributed by atoms with Crippen molar-refractivity contribution in [2.75, 3.05) is 0 Å². The van der Waals surface area contributed by atoms with Crippen molar-refractivity contribution in [2.45, 2.75) is 25.9 Å². The number of para-hydroxylation sites is 1. The number of aromatic hydroxyl groups is 1. The maximum absolute atomic E-state index is 13.6. The molecule has 0 aliphatic carbocycles. The third-order valence-electron chi connectivity index (χ3n) is 5.98. The van der Waals surface area contributed by atoms with Gasteiger partial charge in [-0.05, 0) is 23.8 Å². The molecule has 1 aliphatic heterocycles. The van der Waals surface area contributed by atoms with Gasteiger partial charge in [-0.15, -0.1) is 0 Å². The van der Waals surface area contributed by atoms with E-state index in [0.29, 0.717) is 24.2 Å². The number of phenols is 1. The molecule has 1 aromatic heterocycles. The molecule has 1 atom stereocenters. The molecule has 0 radical (unpaired) electrons. The number of fused-ring (bicyclic) bond motifs is 1. The van der Waals surface area contributed by atoms with Gasteiger partial charge >= 0.3 is 11.6 Å². The van der Waals surface area contributed by atoms with E-state index in [2.05, 4.69) is 10.2 Å². The minimum atomic E-state index is -0.692. The second-order valence-corrected chi connectivity index (χ2v) is 7.98. The van der Waals surface area contributed by atoms with Crippen molar-refractivity contribution in [1.29, 1.82) is 0 Å². The highest BCUT2D eigenvalue weighted by atomic mass is 16.6. The van der Waals surface area contributed by atoms with Crippen molar-refractivity contribution in [3.05, 3.63) is 99.9 Å². The Morgan fingerprint density at radius 2 is 1.85 bits per heavy atom. The number of rotatable bonds is 5. The van der Waals surface area contributed by atoms with E-state index in [1.54, 1.807) is 31.2 Å². The first-order chi connectivity index (χ1) is 16.5. The van der Waals surface area contributed by atoms with Crippen LogP contribution >= 0.6 is 0 Å². The van der Waals surface area contributed by atoms with E-state index in [4.69, 9.17) is 0 Å². The molecule has 0 saturated carbocycles. The number of amides is 1. The highest BCUT2D eigenvalue weighted by Crippen LogP contribution is 2.39. The molecule has 4 aromatic rings. The Hall–Kier alpha value is -4.53. The fourth-order valence-electron chi connectivity index (χ4n) is 4.32. The van der Waals surface area contributed by atoms with Gasteiger partial charge in [-0.1, -0.05) is 60.7 Å². The monoisotopic (exact) mass is 455 g/mol. The molecule has 170 valence electrons. The number of nitrogens with zero attached hydrogens (tertiary/aromatic N) is 5. The second kappa shape index (κ2) is 8.43. The third kappa shape index (κ3) is 3.57. The molecule has 0 spiro atoms. The Morgan fingerprint density at radius 1 is 1.12 bits per heavy atom. The number of hydrogen-bond acceptors (Lipinski definition) is 6. The van der Waals surface area contributed by atoms with E-state index in [0.717, 1.165) is 16.3 Å². The Kier molecular flexibility index (Phi) is 5.29. The Labute approximate surface area is 194 Å². The van der Waals surface area contributed by atoms with Crippen LogP contribution < -0.4 is 0 Å². The van der Waals surface area contributed by atoms with E-state index >= 15 is 0 Å². The molecular formula is C25H21N5O4. The SMILES string of the molecule is CCn1cc([N+](=O)[O-])c(C(=O)N2N=C(c3cccc4ccccc34)C[C@@H]2c2ccccc2O)n1. The van der Waals surface area contributed by atoms with Gasteiger partial charge in [0.1, 0.15) is 11.9 Å². The molecule has 34 heavy (non-hydrogen) atoms. The molecule has 0 bridgehead atoms. The lowest BCUT2D eigenvalue weighted by atomic mass is 9.94. The van der Waals surface area contributed by atoms with Gasteiger partial charge in [0.05, 0.1) is 16.7 Å². The topological polar surface area (TPSA) is 114 Å². The van der Waals surface area contributed by atoms with E-state index in [1.807, 2.05) is 42.5 Å². The molecule has 9 nitrogen and oxygen atoms in total. The Morgan fingerprint density at radius 3 is 2.62 bits per heavy atom. The van der Waals surface area contributed by atoms with Crippen molar-refractivity contribution in [3.63, 3.8) is 0 Å². The minimum absolute atomic E-state index is 0.0215. The number of benzene rings is 3. The van der Waals surface area contributed by atoms with Crippen molar-refractivity contribution in [2.24, 2.45) is 5.10 Å². The van der Waals surface area contributed by atoms with Crippen LogP contribution in [-0.4, -0.2) is 36.4 Å². The number of carbonyl (C=O) groups excluding carboxylic acids is 1. The van der Waals surface area contributed by atoms with Crippen LogP contribution in [0.3, 0.4) is 0 Å². The summed E-state index contributed by atoms with van der Waals surface area (Å²) in [5.41, 5.74) is 1.36. The lowest BCUT2D eigenvalue weighted by Gasteiger charge is -2.21. The molecule has 0 fully saturated rings. The summed E-state index contributed by atoms with van der Waals surface area (Å²) in [4.78, 5) is 24.6. The van der Waals surface area contributed by atoms with E-state index in [1.165, 1.54) is 15.9 Å². The van der Waals surface area contributed by atoms with Gasteiger partial charge < -0.3 is 5.11 Å². The van der Waals surface area contributed by atoms with Gasteiger partial charge in [-0.2, -0.15) is 10.2 Å². The molecule has 0 saturated heterocycles. The van der Waals surface area contributed by atoms with Crippen LogP contribution in [0, 0.1) is 10.1 Å². The van der Waals surface area contributed by atoms with Gasteiger partial charge in [0.25, 0.3) is 0 Å². The summed E-state index contributed by atoms with van der Waals surface area (Å²) in [6.07, 6.45) is 1.58. The molecule has 2 heterocycles. The van der Waals surface area contributed by atoms with Gasteiger partial charge in [0.2, 0.25) is 5.69 Å². The van der Waals surface area contributed by atoms with Crippen LogP contribution in [0.15, 0.2) is 78.0 Å². The molecule has 3 aromatic carbocycles. The normalized spacial score (nSPS) is 15.5. The Balaban J connectivity index is 1.65. The Bertz CT molecular complexity index is 1450. The summed E-state index contributed by atoms with van der Waals surface area (Å²) in [6, 6.07) is 19.8. The first-order valence-electron chi connectivity index (χ1n) is 10.9. The van der Waals surface area contributed by atoms with Gasteiger partial charge in [0.15, 0.2) is 0 Å². The van der Waals surface area contributed by atoms with Crippen LogP contribution in [0.25, 0.3) is 10.8 Å². The lowest BCUT2D eigenvalue weighted by molar-refractivity contribution is -0.385. The smallest absolute Gasteiger partial charge is 0.320 e. The van der Waals surface area contributed by atoms with Crippen molar-refractivity contribution >= 4 is 28.1 Å². The zero-order chi connectivity index (χ0) is 23.8. The maximum Gasteiger partial charge on any atom is 0.320 e. The van der Waals surface area contributed by atoms with Crippen LogP contribution in [0.5, 0.6) is 5.75 Å². The fraction of sp³-hybridized carbons (Fsp3) is 0.160. The van der Waals surface area contributed by atoms with E-state index in [-0.39, 0.29) is 17.1 Å². The minimum Gasteiger partial charge on any atom is -0.508 e. The molecular weight excluding hydrogens is 434 g/mol. The van der Waals surface area contributed by atoms with Crippen molar-refractivity contribution < 1.29 is 14.8 Å². The summed E-state index contributed by atoms with van der Waals surface area (Å²) in [5, 5.41) is 34.2. The molecule has 1 N–H and O–H groups in total. The van der Waals surface area contributed by atoms with E-state index in [9.17, 15) is 20.0 Å². The van der Waals surface area contributed by atoms with Crippen LogP contribution in [0.2, 0.25) is 0 Å².